The van der Waals surface area contributed by atoms with Gasteiger partial charge in [0.05, 0.1) is 13.2 Å². The Bertz CT molecular complexity index is 501. The van der Waals surface area contributed by atoms with Crippen LogP contribution in [0.15, 0.2) is 29.3 Å². The highest BCUT2D eigenvalue weighted by Crippen LogP contribution is 2.10. The molecule has 0 saturated carbocycles. The molecule has 5 nitrogen and oxygen atoms in total. The standard InChI is InChI=1S/C18H29N3O2/c1-4-15-10-7-8-11-16(15)14-21-18(19-5-2)20-13-9-12-17(22)23-6-3/h7-8,10-11H,4-6,9,12-14H2,1-3H3,(H2,19,20,21). The van der Waals surface area contributed by atoms with E-state index in [2.05, 4.69) is 40.7 Å². The quantitative estimate of drug-likeness (QED) is 0.318. The van der Waals surface area contributed by atoms with Gasteiger partial charge in [-0.15, -0.1) is 0 Å². The summed E-state index contributed by atoms with van der Waals surface area (Å²) in [6, 6.07) is 8.37. The Morgan fingerprint density at radius 3 is 2.52 bits per heavy atom. The molecular formula is C18H29N3O2. The van der Waals surface area contributed by atoms with E-state index in [1.54, 1.807) is 0 Å². The van der Waals surface area contributed by atoms with Crippen molar-refractivity contribution in [1.82, 2.24) is 10.6 Å². The van der Waals surface area contributed by atoms with Gasteiger partial charge in [-0.05, 0) is 37.8 Å². The Morgan fingerprint density at radius 1 is 1.13 bits per heavy atom. The number of hydrogen-bond acceptors (Lipinski definition) is 3. The predicted molar refractivity (Wildman–Crippen MR) is 94.5 cm³/mol. The van der Waals surface area contributed by atoms with Crippen molar-refractivity contribution in [1.29, 1.82) is 0 Å². The number of carbonyl (C=O) groups excluding carboxylic acids is 1. The van der Waals surface area contributed by atoms with Crippen LogP contribution in [0.5, 0.6) is 0 Å². The van der Waals surface area contributed by atoms with E-state index in [1.165, 1.54) is 11.1 Å². The van der Waals surface area contributed by atoms with Gasteiger partial charge in [-0.3, -0.25) is 4.79 Å². The second-order valence-corrected chi connectivity index (χ2v) is 5.15. The van der Waals surface area contributed by atoms with Gasteiger partial charge in [0.1, 0.15) is 0 Å². The van der Waals surface area contributed by atoms with Crippen LogP contribution in [0.2, 0.25) is 0 Å². The van der Waals surface area contributed by atoms with Crippen molar-refractivity contribution in [3.8, 4) is 0 Å². The number of nitrogens with one attached hydrogen (secondary N) is 2. The summed E-state index contributed by atoms with van der Waals surface area (Å²) < 4.78 is 4.91. The first-order chi connectivity index (χ1) is 11.2. The van der Waals surface area contributed by atoms with Crippen LogP contribution in [0.4, 0.5) is 0 Å². The van der Waals surface area contributed by atoms with Crippen LogP contribution >= 0.6 is 0 Å². The van der Waals surface area contributed by atoms with Gasteiger partial charge in [-0.1, -0.05) is 31.2 Å². The van der Waals surface area contributed by atoms with Crippen LogP contribution in [-0.2, 0) is 22.5 Å². The van der Waals surface area contributed by atoms with Crippen molar-refractivity contribution in [3.63, 3.8) is 0 Å². The Labute approximate surface area is 139 Å². The first-order valence-corrected chi connectivity index (χ1v) is 8.45. The second kappa shape index (κ2) is 11.5. The number of guanidine groups is 1. The van der Waals surface area contributed by atoms with Gasteiger partial charge in [-0.2, -0.15) is 0 Å². The molecule has 0 amide bonds. The van der Waals surface area contributed by atoms with Gasteiger partial charge in [0, 0.05) is 19.5 Å². The summed E-state index contributed by atoms with van der Waals surface area (Å²) in [5.74, 6) is 0.635. The summed E-state index contributed by atoms with van der Waals surface area (Å²) in [5, 5.41) is 6.48. The lowest BCUT2D eigenvalue weighted by Gasteiger charge is -2.12. The number of hydrogen-bond donors (Lipinski definition) is 2. The van der Waals surface area contributed by atoms with Gasteiger partial charge >= 0.3 is 5.97 Å². The lowest BCUT2D eigenvalue weighted by Crippen LogP contribution is -2.37. The van der Waals surface area contributed by atoms with Crippen molar-refractivity contribution in [2.75, 3.05) is 19.7 Å². The first-order valence-electron chi connectivity index (χ1n) is 8.45. The number of benzene rings is 1. The fourth-order valence-electron chi connectivity index (χ4n) is 2.24. The normalized spacial score (nSPS) is 11.2. The second-order valence-electron chi connectivity index (χ2n) is 5.15. The average molecular weight is 319 g/mol. The largest absolute Gasteiger partial charge is 0.466 e. The van der Waals surface area contributed by atoms with Crippen molar-refractivity contribution in [2.45, 2.75) is 46.6 Å². The van der Waals surface area contributed by atoms with E-state index in [1.807, 2.05) is 19.9 Å². The topological polar surface area (TPSA) is 62.7 Å². The zero-order valence-electron chi connectivity index (χ0n) is 14.5. The third-order valence-corrected chi connectivity index (χ3v) is 3.41. The smallest absolute Gasteiger partial charge is 0.305 e. The number of aryl methyl sites for hydroxylation is 1. The van der Waals surface area contributed by atoms with Crippen LogP contribution in [-0.4, -0.2) is 31.6 Å². The fourth-order valence-corrected chi connectivity index (χ4v) is 2.24. The van der Waals surface area contributed by atoms with Crippen LogP contribution in [0, 0.1) is 0 Å². The maximum atomic E-state index is 11.3. The number of ether oxygens (including phenoxy) is 1. The van der Waals surface area contributed by atoms with E-state index < -0.39 is 0 Å². The van der Waals surface area contributed by atoms with Crippen LogP contribution in [0.3, 0.4) is 0 Å². The van der Waals surface area contributed by atoms with Gasteiger partial charge in [-0.25, -0.2) is 4.99 Å². The minimum atomic E-state index is -0.145. The molecule has 5 heteroatoms. The highest BCUT2D eigenvalue weighted by molar-refractivity contribution is 5.79. The molecule has 23 heavy (non-hydrogen) atoms. The molecular weight excluding hydrogens is 290 g/mol. The van der Waals surface area contributed by atoms with Crippen molar-refractivity contribution < 1.29 is 9.53 Å². The molecule has 1 aromatic carbocycles. The SMILES string of the molecule is CCNC(=NCc1ccccc1CC)NCCCC(=O)OCC. The van der Waals surface area contributed by atoms with Crippen LogP contribution in [0.1, 0.15) is 44.7 Å². The summed E-state index contributed by atoms with van der Waals surface area (Å²) in [6.07, 6.45) is 2.17. The maximum absolute atomic E-state index is 11.3. The summed E-state index contributed by atoms with van der Waals surface area (Å²) in [7, 11) is 0. The summed E-state index contributed by atoms with van der Waals surface area (Å²) in [4.78, 5) is 15.9. The zero-order valence-corrected chi connectivity index (χ0v) is 14.5. The molecule has 0 bridgehead atoms. The molecule has 0 aliphatic heterocycles. The van der Waals surface area contributed by atoms with Gasteiger partial charge in [0.25, 0.3) is 0 Å². The molecule has 1 rings (SSSR count). The lowest BCUT2D eigenvalue weighted by molar-refractivity contribution is -0.143. The average Bonchev–Trinajstić information content (AvgIpc) is 2.57. The van der Waals surface area contributed by atoms with Crippen molar-refractivity contribution >= 4 is 11.9 Å². The molecule has 2 N–H and O–H groups in total. The molecule has 0 aliphatic carbocycles. The molecule has 0 aliphatic rings. The minimum absolute atomic E-state index is 0.145. The minimum Gasteiger partial charge on any atom is -0.466 e. The third kappa shape index (κ3) is 7.68. The maximum Gasteiger partial charge on any atom is 0.305 e. The highest BCUT2D eigenvalue weighted by atomic mass is 16.5. The monoisotopic (exact) mass is 319 g/mol. The number of esters is 1. The zero-order chi connectivity index (χ0) is 16.9. The molecule has 0 radical (unpaired) electrons. The Morgan fingerprint density at radius 2 is 1.87 bits per heavy atom. The van der Waals surface area contributed by atoms with E-state index in [4.69, 9.17) is 4.74 Å². The molecule has 128 valence electrons. The Balaban J connectivity index is 2.48. The third-order valence-electron chi connectivity index (χ3n) is 3.41. The van der Waals surface area contributed by atoms with Gasteiger partial charge in [0.15, 0.2) is 5.96 Å². The van der Waals surface area contributed by atoms with Crippen molar-refractivity contribution in [3.05, 3.63) is 35.4 Å². The number of rotatable bonds is 9. The van der Waals surface area contributed by atoms with Crippen LogP contribution in [0.25, 0.3) is 0 Å². The van der Waals surface area contributed by atoms with E-state index >= 15 is 0 Å². The lowest BCUT2D eigenvalue weighted by atomic mass is 10.1. The van der Waals surface area contributed by atoms with E-state index in [0.29, 0.717) is 26.1 Å². The summed E-state index contributed by atoms with van der Waals surface area (Å²) in [5.41, 5.74) is 2.58. The summed E-state index contributed by atoms with van der Waals surface area (Å²) in [6.45, 7) is 8.60. The molecule has 1 aromatic rings. The van der Waals surface area contributed by atoms with Gasteiger partial charge in [0.2, 0.25) is 0 Å². The molecule has 0 aromatic heterocycles. The summed E-state index contributed by atoms with van der Waals surface area (Å²) >= 11 is 0. The number of carbonyl (C=O) groups is 1. The Hall–Kier alpha value is -2.04. The molecule has 0 fully saturated rings. The molecule has 0 heterocycles. The van der Waals surface area contributed by atoms with E-state index in [-0.39, 0.29) is 5.97 Å². The first kappa shape index (κ1) is 19.0. The van der Waals surface area contributed by atoms with E-state index in [9.17, 15) is 4.79 Å². The van der Waals surface area contributed by atoms with E-state index in [0.717, 1.165) is 25.3 Å². The Kier molecular flexibility index (Phi) is 9.52. The van der Waals surface area contributed by atoms with Crippen molar-refractivity contribution in [2.24, 2.45) is 4.99 Å². The predicted octanol–water partition coefficient (Wildman–Crippen LogP) is 2.65. The fraction of sp³-hybridized carbons (Fsp3) is 0.556. The molecule has 0 unspecified atom stereocenters. The number of aliphatic imine (C=N–C) groups is 1. The molecule has 0 spiro atoms. The van der Waals surface area contributed by atoms with Gasteiger partial charge < -0.3 is 15.4 Å². The molecule has 0 atom stereocenters. The van der Waals surface area contributed by atoms with Crippen LogP contribution < -0.4 is 10.6 Å². The number of nitrogens with zero attached hydrogens (tertiary/aromatic N) is 1. The highest BCUT2D eigenvalue weighted by Gasteiger charge is 2.03. The molecule has 0 saturated heterocycles.